The van der Waals surface area contributed by atoms with Gasteiger partial charge < -0.3 is 14.7 Å². The summed E-state index contributed by atoms with van der Waals surface area (Å²) in [6.45, 7) is 7.64. The normalized spacial score (nSPS) is 19.5. The molecule has 0 amide bonds. The van der Waals surface area contributed by atoms with Crippen LogP contribution in [0.25, 0.3) is 0 Å². The van der Waals surface area contributed by atoms with Crippen molar-refractivity contribution in [1.29, 1.82) is 0 Å². The van der Waals surface area contributed by atoms with E-state index in [1.807, 2.05) is 27.7 Å². The van der Waals surface area contributed by atoms with Crippen LogP contribution in [0.4, 0.5) is 18.9 Å². The molecule has 0 saturated carbocycles. The summed E-state index contributed by atoms with van der Waals surface area (Å²) in [6.07, 6.45) is -4.19. The Bertz CT molecular complexity index is 1740. The lowest BCUT2D eigenvalue weighted by atomic mass is 9.63. The molecule has 14 heteroatoms. The van der Waals surface area contributed by atoms with Crippen molar-refractivity contribution in [3.05, 3.63) is 84.2 Å². The number of benzene rings is 2. The molecular formula is C33H31Cl2F3N2O7. The molecule has 0 spiro atoms. The van der Waals surface area contributed by atoms with Gasteiger partial charge in [-0.1, -0.05) is 50.9 Å². The number of hydrogen-bond donors (Lipinski definition) is 1. The summed E-state index contributed by atoms with van der Waals surface area (Å²) in [5, 5.41) is 21.4. The molecule has 2 aromatic rings. The third-order valence-electron chi connectivity index (χ3n) is 8.61. The summed E-state index contributed by atoms with van der Waals surface area (Å²) in [5.41, 5.74) is -1.60. The summed E-state index contributed by atoms with van der Waals surface area (Å²) in [4.78, 5) is 52.6. The first-order chi connectivity index (χ1) is 21.7. The molecule has 3 aliphatic rings. The largest absolute Gasteiger partial charge is 0.481 e. The lowest BCUT2D eigenvalue weighted by Gasteiger charge is -2.49. The van der Waals surface area contributed by atoms with Gasteiger partial charge in [-0.05, 0) is 47.9 Å². The quantitative estimate of drug-likeness (QED) is 0.225. The van der Waals surface area contributed by atoms with E-state index in [1.54, 1.807) is 4.90 Å². The molecule has 2 aromatic carbocycles. The second kappa shape index (κ2) is 12.0. The number of carboxylic acids is 1. The van der Waals surface area contributed by atoms with Gasteiger partial charge in [0.15, 0.2) is 17.3 Å². The fourth-order valence-corrected chi connectivity index (χ4v) is 7.32. The van der Waals surface area contributed by atoms with Crippen LogP contribution in [0.1, 0.15) is 76.8 Å². The molecule has 9 nitrogen and oxygen atoms in total. The predicted molar refractivity (Wildman–Crippen MR) is 166 cm³/mol. The number of halogens is 5. The fraction of sp³-hybridized carbons (Fsp3) is 0.424. The van der Waals surface area contributed by atoms with Gasteiger partial charge in [-0.25, -0.2) is 0 Å². The molecule has 5 rings (SSSR count). The zero-order valence-electron chi connectivity index (χ0n) is 25.9. The van der Waals surface area contributed by atoms with Crippen LogP contribution in [-0.4, -0.2) is 39.0 Å². The number of nitro benzene ring substituents is 1. The average Bonchev–Trinajstić information content (AvgIpc) is 2.90. The van der Waals surface area contributed by atoms with Crippen molar-refractivity contribution in [2.75, 3.05) is 6.54 Å². The summed E-state index contributed by atoms with van der Waals surface area (Å²) in [5.74, 6) is -3.54. The number of rotatable bonds is 7. The maximum absolute atomic E-state index is 14.1. The molecule has 0 bridgehead atoms. The number of hydrogen-bond acceptors (Lipinski definition) is 7. The van der Waals surface area contributed by atoms with Gasteiger partial charge in [0, 0.05) is 64.5 Å². The summed E-state index contributed by atoms with van der Waals surface area (Å²) in [6, 6.07) is 4.49. The van der Waals surface area contributed by atoms with Crippen molar-refractivity contribution in [3.8, 4) is 11.5 Å². The van der Waals surface area contributed by atoms with Crippen LogP contribution in [0, 0.1) is 20.9 Å². The number of carboxylic acid groups (broad SMARTS) is 1. The number of allylic oxidation sites excluding steroid dienone is 4. The SMILES string of the molecule is CC1(C)CC(=O)C2=C(C1)N(CCC(=O)O)C1=C(C(=O)CC(C)(C)C1)C2c1cc(Cl)cc(Cl)c1Oc1ccc(C(F)(F)F)cc1[N+](=O)[O-]. The van der Waals surface area contributed by atoms with Gasteiger partial charge in [-0.3, -0.25) is 24.5 Å². The van der Waals surface area contributed by atoms with Crippen molar-refractivity contribution in [2.24, 2.45) is 10.8 Å². The van der Waals surface area contributed by atoms with Gasteiger partial charge in [0.25, 0.3) is 0 Å². The maximum Gasteiger partial charge on any atom is 0.416 e. The molecule has 0 saturated heterocycles. The van der Waals surface area contributed by atoms with Crippen LogP contribution < -0.4 is 4.74 Å². The highest BCUT2D eigenvalue weighted by Gasteiger charge is 2.50. The Morgan fingerprint density at radius 3 is 2.04 bits per heavy atom. The lowest BCUT2D eigenvalue weighted by Crippen LogP contribution is -2.45. The number of nitro groups is 1. The first kappa shape index (κ1) is 34.4. The van der Waals surface area contributed by atoms with Crippen molar-refractivity contribution < 1.29 is 42.3 Å². The number of carbonyl (C=O) groups is 3. The van der Waals surface area contributed by atoms with E-state index in [2.05, 4.69) is 0 Å². The van der Waals surface area contributed by atoms with E-state index in [9.17, 15) is 42.8 Å². The number of alkyl halides is 3. The molecule has 1 N–H and O–H groups in total. The molecule has 2 aliphatic carbocycles. The van der Waals surface area contributed by atoms with Gasteiger partial charge in [-0.15, -0.1) is 0 Å². The Kier molecular flexibility index (Phi) is 8.77. The molecule has 1 heterocycles. The Labute approximate surface area is 278 Å². The second-order valence-electron chi connectivity index (χ2n) is 13.7. The topological polar surface area (TPSA) is 127 Å². The summed E-state index contributed by atoms with van der Waals surface area (Å²) >= 11 is 13.1. The van der Waals surface area contributed by atoms with E-state index in [0.29, 0.717) is 36.4 Å². The van der Waals surface area contributed by atoms with Crippen molar-refractivity contribution in [1.82, 2.24) is 4.90 Å². The monoisotopic (exact) mass is 694 g/mol. The summed E-state index contributed by atoms with van der Waals surface area (Å²) < 4.78 is 46.2. The van der Waals surface area contributed by atoms with Crippen LogP contribution >= 0.6 is 23.2 Å². The first-order valence-electron chi connectivity index (χ1n) is 14.7. The van der Waals surface area contributed by atoms with E-state index in [0.717, 1.165) is 6.07 Å². The molecule has 0 fully saturated rings. The predicted octanol–water partition coefficient (Wildman–Crippen LogP) is 8.87. The zero-order valence-corrected chi connectivity index (χ0v) is 27.4. The standard InChI is InChI=1S/C33H31Cl2F3N2O7/c1-31(2)12-21-28(23(41)14-31)27(29-22(39(21)8-7-26(43)44)13-32(3,4)15-24(29)42)18-10-17(34)11-19(35)30(18)47-25-6-5-16(33(36,37)38)9-20(25)40(45)46/h5-6,9-11,27H,7-8,12-15H2,1-4H3,(H,43,44). The number of ketones is 2. The van der Waals surface area contributed by atoms with Crippen molar-refractivity contribution >= 4 is 46.4 Å². The van der Waals surface area contributed by atoms with Gasteiger partial charge >= 0.3 is 17.8 Å². The molecule has 0 radical (unpaired) electrons. The van der Waals surface area contributed by atoms with E-state index in [4.69, 9.17) is 27.9 Å². The Morgan fingerprint density at radius 2 is 1.55 bits per heavy atom. The molecule has 0 unspecified atom stereocenters. The van der Waals surface area contributed by atoms with Gasteiger partial charge in [-0.2, -0.15) is 13.2 Å². The number of nitrogens with zero attached hydrogens (tertiary/aromatic N) is 2. The van der Waals surface area contributed by atoms with Crippen LogP contribution in [0.3, 0.4) is 0 Å². The maximum atomic E-state index is 14.1. The highest BCUT2D eigenvalue weighted by molar-refractivity contribution is 6.35. The van der Waals surface area contributed by atoms with Gasteiger partial charge in [0.2, 0.25) is 5.75 Å². The number of Topliss-reactive ketones (excluding diaryl/α,β-unsaturated/α-hetero) is 2. The van der Waals surface area contributed by atoms with Gasteiger partial charge in [0.1, 0.15) is 0 Å². The minimum Gasteiger partial charge on any atom is -0.481 e. The smallest absolute Gasteiger partial charge is 0.416 e. The third kappa shape index (κ3) is 6.76. The minimum atomic E-state index is -4.86. The van der Waals surface area contributed by atoms with Crippen LogP contribution in [0.15, 0.2) is 52.9 Å². The minimum absolute atomic E-state index is 0.00382. The zero-order chi connectivity index (χ0) is 34.8. The third-order valence-corrected chi connectivity index (χ3v) is 9.11. The van der Waals surface area contributed by atoms with Gasteiger partial charge in [0.05, 0.1) is 21.9 Å². The van der Waals surface area contributed by atoms with E-state index < -0.39 is 50.8 Å². The lowest BCUT2D eigenvalue weighted by molar-refractivity contribution is -0.385. The van der Waals surface area contributed by atoms with E-state index >= 15 is 0 Å². The molecule has 0 aromatic heterocycles. The average molecular weight is 696 g/mol. The van der Waals surface area contributed by atoms with Crippen molar-refractivity contribution in [3.63, 3.8) is 0 Å². The number of carbonyl (C=O) groups excluding carboxylic acids is 2. The molecule has 47 heavy (non-hydrogen) atoms. The van der Waals surface area contributed by atoms with Crippen LogP contribution in [-0.2, 0) is 20.6 Å². The molecular weight excluding hydrogens is 664 g/mol. The number of aliphatic carboxylic acids is 1. The fourth-order valence-electron chi connectivity index (χ4n) is 6.77. The molecule has 0 atom stereocenters. The van der Waals surface area contributed by atoms with Crippen molar-refractivity contribution in [2.45, 2.75) is 71.9 Å². The Balaban J connectivity index is 1.79. The van der Waals surface area contributed by atoms with Crippen LogP contribution in [0.2, 0.25) is 10.0 Å². The van der Waals surface area contributed by atoms with Crippen LogP contribution in [0.5, 0.6) is 11.5 Å². The highest BCUT2D eigenvalue weighted by Crippen LogP contribution is 2.57. The number of ether oxygens (including phenoxy) is 1. The summed E-state index contributed by atoms with van der Waals surface area (Å²) in [7, 11) is 0. The Hall–Kier alpha value is -3.90. The second-order valence-corrected chi connectivity index (χ2v) is 14.5. The molecule has 1 aliphatic heterocycles. The Morgan fingerprint density at radius 1 is 1.00 bits per heavy atom. The van der Waals surface area contributed by atoms with E-state index in [-0.39, 0.29) is 69.9 Å². The molecule has 250 valence electrons. The highest BCUT2D eigenvalue weighted by atomic mass is 35.5. The first-order valence-corrected chi connectivity index (χ1v) is 15.5. The van der Waals surface area contributed by atoms with E-state index in [1.165, 1.54) is 12.1 Å².